The number of rotatable bonds is 2. The summed E-state index contributed by atoms with van der Waals surface area (Å²) in [5.74, 6) is 0. The van der Waals surface area contributed by atoms with E-state index in [1.165, 1.54) is 57.3 Å². The Hall–Kier alpha value is -1.85. The van der Waals surface area contributed by atoms with Gasteiger partial charge in [-0.3, -0.25) is 0 Å². The van der Waals surface area contributed by atoms with Crippen LogP contribution in [0.25, 0.3) is 21.1 Å². The second kappa shape index (κ2) is 5.35. The van der Waals surface area contributed by atoms with E-state index in [4.69, 9.17) is 0 Å². The summed E-state index contributed by atoms with van der Waals surface area (Å²) < 4.78 is 0. The van der Waals surface area contributed by atoms with Crippen LogP contribution in [0, 0.1) is 0 Å². The average molecular weight is 337 g/mol. The first kappa shape index (κ1) is 13.6. The fourth-order valence-electron chi connectivity index (χ4n) is 3.37. The molecule has 0 amide bonds. The van der Waals surface area contributed by atoms with Crippen LogP contribution < -0.4 is 0 Å². The molecule has 0 atom stereocenters. The molecule has 0 spiro atoms. The molecule has 0 fully saturated rings. The Morgan fingerprint density at radius 3 is 3.00 bits per heavy atom. The monoisotopic (exact) mass is 337 g/mol. The molecular formula is C18H15N3S2. The molecule has 0 aliphatic heterocycles. The summed E-state index contributed by atoms with van der Waals surface area (Å²) >= 11 is 3.61. The van der Waals surface area contributed by atoms with Crippen LogP contribution in [0.15, 0.2) is 46.7 Å². The normalized spacial score (nSPS) is 14.4. The number of hydrogen-bond acceptors (Lipinski definition) is 4. The Balaban J connectivity index is 1.67. The molecule has 1 aliphatic carbocycles. The zero-order valence-corrected chi connectivity index (χ0v) is 14.1. The molecule has 5 heteroatoms. The third kappa shape index (κ3) is 2.18. The fourth-order valence-corrected chi connectivity index (χ4v) is 5.70. The summed E-state index contributed by atoms with van der Waals surface area (Å²) in [5.41, 5.74) is 2.67. The van der Waals surface area contributed by atoms with Gasteiger partial charge >= 0.3 is 0 Å². The van der Waals surface area contributed by atoms with Crippen molar-refractivity contribution in [3.8, 4) is 0 Å². The minimum absolute atomic E-state index is 1.10. The molecular weight excluding hydrogens is 322 g/mol. The summed E-state index contributed by atoms with van der Waals surface area (Å²) in [5, 5.41) is 3.65. The van der Waals surface area contributed by atoms with Gasteiger partial charge in [-0.15, -0.1) is 11.3 Å². The van der Waals surface area contributed by atoms with Crippen molar-refractivity contribution in [3.05, 3.63) is 47.2 Å². The Kier molecular flexibility index (Phi) is 3.16. The number of aromatic amines is 1. The van der Waals surface area contributed by atoms with Crippen LogP contribution in [0.3, 0.4) is 0 Å². The molecule has 1 N–H and O–H groups in total. The SMILES string of the molecule is c1ccc2c(Sc3ncnc4sc5c(c34)CCCC5)c[nH]c2c1. The topological polar surface area (TPSA) is 41.6 Å². The molecule has 0 radical (unpaired) electrons. The van der Waals surface area contributed by atoms with Crippen LogP contribution in [0.1, 0.15) is 23.3 Å². The summed E-state index contributed by atoms with van der Waals surface area (Å²) in [6.07, 6.45) is 8.75. The van der Waals surface area contributed by atoms with Crippen molar-refractivity contribution >= 4 is 44.2 Å². The summed E-state index contributed by atoms with van der Waals surface area (Å²) in [4.78, 5) is 16.4. The maximum atomic E-state index is 4.61. The van der Waals surface area contributed by atoms with Crippen molar-refractivity contribution in [2.45, 2.75) is 35.6 Å². The summed E-state index contributed by atoms with van der Waals surface area (Å²) in [6.45, 7) is 0. The molecule has 3 aromatic heterocycles. The highest BCUT2D eigenvalue weighted by molar-refractivity contribution is 7.99. The number of benzene rings is 1. The fraction of sp³-hybridized carbons (Fsp3) is 0.222. The van der Waals surface area contributed by atoms with Gasteiger partial charge in [0.05, 0.1) is 0 Å². The number of aryl methyl sites for hydroxylation is 2. The maximum Gasteiger partial charge on any atom is 0.128 e. The number of H-pyrrole nitrogens is 1. The van der Waals surface area contributed by atoms with E-state index in [1.54, 1.807) is 18.1 Å². The number of nitrogens with one attached hydrogen (secondary N) is 1. The predicted octanol–water partition coefficient (Wildman–Crippen LogP) is 5.20. The van der Waals surface area contributed by atoms with Crippen LogP contribution in [0.2, 0.25) is 0 Å². The zero-order chi connectivity index (χ0) is 15.2. The quantitative estimate of drug-likeness (QED) is 0.511. The van der Waals surface area contributed by atoms with Gasteiger partial charge in [0.2, 0.25) is 0 Å². The first-order valence-corrected chi connectivity index (χ1v) is 9.52. The van der Waals surface area contributed by atoms with Gasteiger partial charge < -0.3 is 4.98 Å². The van der Waals surface area contributed by atoms with Crippen LogP contribution in [-0.4, -0.2) is 15.0 Å². The van der Waals surface area contributed by atoms with E-state index >= 15 is 0 Å². The van der Waals surface area contributed by atoms with Crippen molar-refractivity contribution in [1.29, 1.82) is 0 Å². The number of thiophene rings is 1. The second-order valence-corrected chi connectivity index (χ2v) is 7.98. The summed E-state index contributed by atoms with van der Waals surface area (Å²) in [7, 11) is 0. The van der Waals surface area contributed by atoms with Crippen molar-refractivity contribution in [3.63, 3.8) is 0 Å². The smallest absolute Gasteiger partial charge is 0.128 e. The van der Waals surface area contributed by atoms with Gasteiger partial charge in [-0.05, 0) is 37.3 Å². The Morgan fingerprint density at radius 1 is 1.09 bits per heavy atom. The highest BCUT2D eigenvalue weighted by atomic mass is 32.2. The molecule has 0 bridgehead atoms. The number of aromatic nitrogens is 3. The Morgan fingerprint density at radius 2 is 2.00 bits per heavy atom. The van der Waals surface area contributed by atoms with Gasteiger partial charge in [0.25, 0.3) is 0 Å². The molecule has 1 aromatic carbocycles. The Bertz CT molecular complexity index is 1020. The minimum Gasteiger partial charge on any atom is -0.360 e. The predicted molar refractivity (Wildman–Crippen MR) is 96.5 cm³/mol. The first-order valence-electron chi connectivity index (χ1n) is 7.89. The molecule has 3 nitrogen and oxygen atoms in total. The summed E-state index contributed by atoms with van der Waals surface area (Å²) in [6, 6.07) is 8.42. The molecule has 1 aliphatic rings. The van der Waals surface area contributed by atoms with Crippen molar-refractivity contribution in [1.82, 2.24) is 15.0 Å². The van der Waals surface area contributed by atoms with Gasteiger partial charge in [-0.25, -0.2) is 9.97 Å². The van der Waals surface area contributed by atoms with Gasteiger partial charge in [0.1, 0.15) is 16.2 Å². The van der Waals surface area contributed by atoms with Crippen LogP contribution in [-0.2, 0) is 12.8 Å². The largest absolute Gasteiger partial charge is 0.360 e. The molecule has 0 saturated heterocycles. The number of fused-ring (bicyclic) bond motifs is 4. The maximum absolute atomic E-state index is 4.61. The third-order valence-electron chi connectivity index (χ3n) is 4.47. The van der Waals surface area contributed by atoms with Crippen molar-refractivity contribution in [2.75, 3.05) is 0 Å². The molecule has 5 rings (SSSR count). The lowest BCUT2D eigenvalue weighted by molar-refractivity contribution is 0.699. The number of nitrogens with zero attached hydrogens (tertiary/aromatic N) is 2. The van der Waals surface area contributed by atoms with Crippen LogP contribution in [0.4, 0.5) is 0 Å². The van der Waals surface area contributed by atoms with E-state index in [0.29, 0.717) is 0 Å². The lowest BCUT2D eigenvalue weighted by atomic mass is 9.97. The number of para-hydroxylation sites is 1. The van der Waals surface area contributed by atoms with E-state index < -0.39 is 0 Å². The highest BCUT2D eigenvalue weighted by Gasteiger charge is 2.20. The van der Waals surface area contributed by atoms with Crippen molar-refractivity contribution in [2.24, 2.45) is 0 Å². The standard InChI is InChI=1S/C18H15N3S2/c1-3-7-13-11(5-1)15(9-19-13)23-18-16-12-6-2-4-8-14(12)22-17(16)20-10-21-18/h1,3,5,7,9-10,19H,2,4,6,8H2. The Labute approximate surface area is 142 Å². The minimum atomic E-state index is 1.10. The van der Waals surface area contributed by atoms with Crippen LogP contribution in [0.5, 0.6) is 0 Å². The van der Waals surface area contributed by atoms with Gasteiger partial charge in [0, 0.05) is 32.3 Å². The molecule has 4 aromatic rings. The zero-order valence-electron chi connectivity index (χ0n) is 12.5. The molecule has 114 valence electrons. The molecule has 0 saturated carbocycles. The van der Waals surface area contributed by atoms with E-state index in [9.17, 15) is 0 Å². The number of hydrogen-bond donors (Lipinski definition) is 1. The van der Waals surface area contributed by atoms with Crippen molar-refractivity contribution < 1.29 is 0 Å². The molecule has 3 heterocycles. The van der Waals surface area contributed by atoms with Gasteiger partial charge in [0.15, 0.2) is 0 Å². The lowest BCUT2D eigenvalue weighted by Gasteiger charge is -2.11. The van der Waals surface area contributed by atoms with E-state index in [0.717, 1.165) is 9.86 Å². The lowest BCUT2D eigenvalue weighted by Crippen LogP contribution is -1.98. The third-order valence-corrected chi connectivity index (χ3v) is 6.73. The van der Waals surface area contributed by atoms with Gasteiger partial charge in [-0.1, -0.05) is 30.0 Å². The molecule has 23 heavy (non-hydrogen) atoms. The highest BCUT2D eigenvalue weighted by Crippen LogP contribution is 2.42. The van der Waals surface area contributed by atoms with Crippen LogP contribution >= 0.6 is 23.1 Å². The van der Waals surface area contributed by atoms with E-state index in [2.05, 4.69) is 45.4 Å². The second-order valence-electron chi connectivity index (χ2n) is 5.87. The van der Waals surface area contributed by atoms with Gasteiger partial charge in [-0.2, -0.15) is 0 Å². The average Bonchev–Trinajstić information content (AvgIpc) is 3.17. The first-order chi connectivity index (χ1) is 11.4. The van der Waals surface area contributed by atoms with E-state index in [1.807, 2.05) is 11.3 Å². The molecule has 0 unspecified atom stereocenters. The van der Waals surface area contributed by atoms with E-state index in [-0.39, 0.29) is 0 Å².